The lowest BCUT2D eigenvalue weighted by molar-refractivity contribution is 0.0398. The van der Waals surface area contributed by atoms with Gasteiger partial charge in [0.05, 0.1) is 37.8 Å². The molecule has 0 saturated carbocycles. The van der Waals surface area contributed by atoms with Crippen LogP contribution in [-0.2, 0) is 9.47 Å². The van der Waals surface area contributed by atoms with Gasteiger partial charge in [-0.15, -0.1) is 0 Å². The largest absolute Gasteiger partial charge is 0.465 e. The molecule has 2 heterocycles. The highest BCUT2D eigenvalue weighted by Crippen LogP contribution is 2.13. The number of hydrogen-bond donors (Lipinski definition) is 2. The van der Waals surface area contributed by atoms with Crippen LogP contribution in [0.2, 0.25) is 0 Å². The Kier molecular flexibility index (Phi) is 6.94. The first kappa shape index (κ1) is 19.8. The number of pyridine rings is 1. The fraction of sp³-hybridized carbons (Fsp3) is 0.350. The van der Waals surface area contributed by atoms with Gasteiger partial charge in [-0.2, -0.15) is 0 Å². The average Bonchev–Trinajstić information content (AvgIpc) is 2.75. The quantitative estimate of drug-likeness (QED) is 0.704. The number of hydrogen-bond acceptors (Lipinski definition) is 7. The molecule has 3 rings (SSSR count). The van der Waals surface area contributed by atoms with E-state index in [0.29, 0.717) is 16.9 Å². The Labute approximate surface area is 163 Å². The lowest BCUT2D eigenvalue weighted by atomic mass is 10.2. The van der Waals surface area contributed by atoms with Crippen molar-refractivity contribution in [3.8, 4) is 0 Å². The van der Waals surface area contributed by atoms with Crippen molar-refractivity contribution in [2.24, 2.45) is 0 Å². The standard InChI is InChI=1S/C20H24N4O4/c1-27-20(26)15-2-4-16(5-3-15)23-19(25)18-7-6-17(14-22-18)21-8-9-24-10-12-28-13-11-24/h2-7,14,21H,8-13H2,1H3,(H,23,25). The number of aromatic nitrogens is 1. The van der Waals surface area contributed by atoms with Gasteiger partial charge in [0.25, 0.3) is 5.91 Å². The van der Waals surface area contributed by atoms with Gasteiger partial charge < -0.3 is 20.1 Å². The van der Waals surface area contributed by atoms with Gasteiger partial charge >= 0.3 is 5.97 Å². The maximum absolute atomic E-state index is 12.3. The van der Waals surface area contributed by atoms with Crippen LogP contribution in [0.4, 0.5) is 11.4 Å². The Morgan fingerprint density at radius 1 is 1.11 bits per heavy atom. The van der Waals surface area contributed by atoms with E-state index in [4.69, 9.17) is 4.74 Å². The predicted octanol–water partition coefficient (Wildman–Crippen LogP) is 1.86. The molecule has 8 nitrogen and oxygen atoms in total. The zero-order valence-corrected chi connectivity index (χ0v) is 15.8. The minimum Gasteiger partial charge on any atom is -0.465 e. The Bertz CT molecular complexity index is 787. The molecule has 0 spiro atoms. The molecule has 1 saturated heterocycles. The first-order chi connectivity index (χ1) is 13.7. The molecule has 0 unspecified atom stereocenters. The molecule has 1 aromatic carbocycles. The number of benzene rings is 1. The molecule has 8 heteroatoms. The molecule has 1 aromatic heterocycles. The third-order valence-corrected chi connectivity index (χ3v) is 4.42. The summed E-state index contributed by atoms with van der Waals surface area (Å²) in [5.74, 6) is -0.734. The van der Waals surface area contributed by atoms with E-state index < -0.39 is 5.97 Å². The Hall–Kier alpha value is -2.97. The zero-order valence-electron chi connectivity index (χ0n) is 15.8. The van der Waals surface area contributed by atoms with Crippen molar-refractivity contribution in [3.05, 3.63) is 53.9 Å². The fourth-order valence-corrected chi connectivity index (χ4v) is 2.82. The van der Waals surface area contributed by atoms with Crippen LogP contribution in [0.1, 0.15) is 20.8 Å². The summed E-state index contributed by atoms with van der Waals surface area (Å²) >= 11 is 0. The molecule has 148 valence electrons. The van der Waals surface area contributed by atoms with E-state index in [9.17, 15) is 9.59 Å². The summed E-state index contributed by atoms with van der Waals surface area (Å²) < 4.78 is 9.98. The maximum Gasteiger partial charge on any atom is 0.337 e. The van der Waals surface area contributed by atoms with Gasteiger partial charge in [0.15, 0.2) is 0 Å². The fourth-order valence-electron chi connectivity index (χ4n) is 2.82. The molecule has 0 atom stereocenters. The third kappa shape index (κ3) is 5.51. The van der Waals surface area contributed by atoms with Crippen molar-refractivity contribution in [1.82, 2.24) is 9.88 Å². The van der Waals surface area contributed by atoms with Crippen molar-refractivity contribution >= 4 is 23.3 Å². The van der Waals surface area contributed by atoms with Crippen molar-refractivity contribution in [2.75, 3.05) is 57.1 Å². The van der Waals surface area contributed by atoms with Crippen molar-refractivity contribution in [1.29, 1.82) is 0 Å². The second kappa shape index (κ2) is 9.82. The number of carbonyl (C=O) groups excluding carboxylic acids is 2. The number of methoxy groups -OCH3 is 1. The number of ether oxygens (including phenoxy) is 2. The van der Waals surface area contributed by atoms with E-state index in [2.05, 4.69) is 25.3 Å². The molecule has 0 radical (unpaired) electrons. The highest BCUT2D eigenvalue weighted by Gasteiger charge is 2.11. The average molecular weight is 384 g/mol. The monoisotopic (exact) mass is 384 g/mol. The Morgan fingerprint density at radius 2 is 1.82 bits per heavy atom. The molecular formula is C20H24N4O4. The summed E-state index contributed by atoms with van der Waals surface area (Å²) in [7, 11) is 1.32. The van der Waals surface area contributed by atoms with Crippen LogP contribution in [0, 0.1) is 0 Å². The number of rotatable bonds is 7. The molecule has 2 N–H and O–H groups in total. The second-order valence-corrected chi connectivity index (χ2v) is 6.34. The van der Waals surface area contributed by atoms with Gasteiger partial charge in [0.2, 0.25) is 0 Å². The maximum atomic E-state index is 12.3. The minimum absolute atomic E-state index is 0.314. The lowest BCUT2D eigenvalue weighted by Gasteiger charge is -2.26. The van der Waals surface area contributed by atoms with E-state index in [-0.39, 0.29) is 5.91 Å². The first-order valence-electron chi connectivity index (χ1n) is 9.15. The molecule has 1 aliphatic heterocycles. The normalized spacial score (nSPS) is 14.3. The number of nitrogens with zero attached hydrogens (tertiary/aromatic N) is 2. The molecular weight excluding hydrogens is 360 g/mol. The SMILES string of the molecule is COC(=O)c1ccc(NC(=O)c2ccc(NCCN3CCOCC3)cn2)cc1. The molecule has 1 amide bonds. The molecule has 0 aliphatic carbocycles. The van der Waals surface area contributed by atoms with Crippen LogP contribution < -0.4 is 10.6 Å². The molecule has 1 fully saturated rings. The summed E-state index contributed by atoms with van der Waals surface area (Å²) in [6.07, 6.45) is 1.65. The van der Waals surface area contributed by atoms with Crippen molar-refractivity contribution in [3.63, 3.8) is 0 Å². The highest BCUT2D eigenvalue weighted by molar-refractivity contribution is 6.03. The number of esters is 1. The van der Waals surface area contributed by atoms with E-state index in [1.807, 2.05) is 6.07 Å². The van der Waals surface area contributed by atoms with Gasteiger partial charge in [0, 0.05) is 31.9 Å². The van der Waals surface area contributed by atoms with E-state index in [1.165, 1.54) is 7.11 Å². The Balaban J connectivity index is 1.48. The topological polar surface area (TPSA) is 92.8 Å². The van der Waals surface area contributed by atoms with E-state index >= 15 is 0 Å². The van der Waals surface area contributed by atoms with Crippen LogP contribution in [0.5, 0.6) is 0 Å². The van der Waals surface area contributed by atoms with E-state index in [0.717, 1.165) is 45.1 Å². The minimum atomic E-state index is -0.420. The number of amides is 1. The smallest absolute Gasteiger partial charge is 0.337 e. The lowest BCUT2D eigenvalue weighted by Crippen LogP contribution is -2.39. The van der Waals surface area contributed by atoms with E-state index in [1.54, 1.807) is 36.5 Å². The zero-order chi connectivity index (χ0) is 19.8. The molecule has 2 aromatic rings. The summed E-state index contributed by atoms with van der Waals surface area (Å²) in [5, 5.41) is 6.07. The number of nitrogens with one attached hydrogen (secondary N) is 2. The molecule has 0 bridgehead atoms. The van der Waals surface area contributed by atoms with Gasteiger partial charge in [-0.3, -0.25) is 9.69 Å². The van der Waals surface area contributed by atoms with Crippen LogP contribution in [0.3, 0.4) is 0 Å². The summed E-state index contributed by atoms with van der Waals surface area (Å²) in [4.78, 5) is 30.3. The number of anilines is 2. The number of morpholine rings is 1. The van der Waals surface area contributed by atoms with Crippen LogP contribution in [-0.4, -0.2) is 68.3 Å². The molecule has 1 aliphatic rings. The van der Waals surface area contributed by atoms with Crippen LogP contribution in [0.15, 0.2) is 42.6 Å². The Morgan fingerprint density at radius 3 is 2.46 bits per heavy atom. The molecule has 28 heavy (non-hydrogen) atoms. The van der Waals surface area contributed by atoms with Gasteiger partial charge in [-0.1, -0.05) is 0 Å². The summed E-state index contributed by atoms with van der Waals surface area (Å²) in [6, 6.07) is 9.99. The van der Waals surface area contributed by atoms with Crippen LogP contribution >= 0.6 is 0 Å². The first-order valence-corrected chi connectivity index (χ1v) is 9.15. The van der Waals surface area contributed by atoms with Gasteiger partial charge in [-0.05, 0) is 36.4 Å². The predicted molar refractivity (Wildman–Crippen MR) is 106 cm³/mol. The highest BCUT2D eigenvalue weighted by atomic mass is 16.5. The van der Waals surface area contributed by atoms with Crippen LogP contribution in [0.25, 0.3) is 0 Å². The summed E-state index contributed by atoms with van der Waals surface area (Å²) in [6.45, 7) is 5.24. The van der Waals surface area contributed by atoms with Gasteiger partial charge in [0.1, 0.15) is 5.69 Å². The third-order valence-electron chi connectivity index (χ3n) is 4.42. The van der Waals surface area contributed by atoms with Gasteiger partial charge in [-0.25, -0.2) is 9.78 Å². The van der Waals surface area contributed by atoms with Crippen molar-refractivity contribution < 1.29 is 19.1 Å². The summed E-state index contributed by atoms with van der Waals surface area (Å²) in [5.41, 5.74) is 2.18. The number of carbonyl (C=O) groups is 2. The van der Waals surface area contributed by atoms with Crippen molar-refractivity contribution in [2.45, 2.75) is 0 Å². The second-order valence-electron chi connectivity index (χ2n) is 6.34.